The van der Waals surface area contributed by atoms with Crippen LogP contribution in [0.3, 0.4) is 0 Å². The molecule has 0 radical (unpaired) electrons. The minimum atomic E-state index is -0.624. The summed E-state index contributed by atoms with van der Waals surface area (Å²) in [5.41, 5.74) is 0.416. The van der Waals surface area contributed by atoms with E-state index in [0.29, 0.717) is 22.6 Å². The standard InChI is InChI=1S/C16H12BrClO5/c1-21-15-6-10(8-19)2-4-14(15)23-16(20)9-22-13-5-3-11(17)7-12(13)18/h2-8H,9H2,1H3. The Balaban J connectivity index is 2.01. The van der Waals surface area contributed by atoms with Gasteiger partial charge in [0.05, 0.1) is 12.1 Å². The number of hydrogen-bond acceptors (Lipinski definition) is 5. The van der Waals surface area contributed by atoms with Gasteiger partial charge in [0.2, 0.25) is 0 Å². The van der Waals surface area contributed by atoms with E-state index in [0.717, 1.165) is 4.47 Å². The van der Waals surface area contributed by atoms with Crippen molar-refractivity contribution in [1.82, 2.24) is 0 Å². The molecule has 0 bridgehead atoms. The quantitative estimate of drug-likeness (QED) is 0.419. The lowest BCUT2D eigenvalue weighted by molar-refractivity contribution is -0.136. The molecule has 0 N–H and O–H groups in total. The first-order valence-corrected chi connectivity index (χ1v) is 7.62. The summed E-state index contributed by atoms with van der Waals surface area (Å²) in [6, 6.07) is 9.51. The Kier molecular flexibility index (Phi) is 6.01. The Bertz CT molecular complexity index is 732. The zero-order valence-corrected chi connectivity index (χ0v) is 14.4. The van der Waals surface area contributed by atoms with Crippen molar-refractivity contribution in [2.45, 2.75) is 0 Å². The van der Waals surface area contributed by atoms with Crippen LogP contribution >= 0.6 is 27.5 Å². The Morgan fingerprint density at radius 1 is 1.17 bits per heavy atom. The summed E-state index contributed by atoms with van der Waals surface area (Å²) in [5.74, 6) is 0.231. The van der Waals surface area contributed by atoms with Gasteiger partial charge in [0.25, 0.3) is 0 Å². The molecule has 120 valence electrons. The van der Waals surface area contributed by atoms with Gasteiger partial charge in [-0.3, -0.25) is 4.79 Å². The van der Waals surface area contributed by atoms with Crippen LogP contribution in [0.5, 0.6) is 17.2 Å². The number of halogens is 2. The second-order valence-corrected chi connectivity index (χ2v) is 5.69. The van der Waals surface area contributed by atoms with E-state index in [1.807, 2.05) is 0 Å². The molecule has 0 aliphatic rings. The molecule has 0 heterocycles. The molecule has 0 fully saturated rings. The largest absolute Gasteiger partial charge is 0.493 e. The van der Waals surface area contributed by atoms with Gasteiger partial charge in [0.15, 0.2) is 18.1 Å². The summed E-state index contributed by atoms with van der Waals surface area (Å²) in [4.78, 5) is 22.6. The van der Waals surface area contributed by atoms with Crippen LogP contribution in [0.2, 0.25) is 5.02 Å². The SMILES string of the molecule is COc1cc(C=O)ccc1OC(=O)COc1ccc(Br)cc1Cl. The lowest BCUT2D eigenvalue weighted by Gasteiger charge is -2.11. The third-order valence-electron chi connectivity index (χ3n) is 2.79. The molecule has 0 spiro atoms. The van der Waals surface area contributed by atoms with Crippen LogP contribution in [0.4, 0.5) is 0 Å². The van der Waals surface area contributed by atoms with Crippen molar-refractivity contribution in [3.8, 4) is 17.2 Å². The average Bonchev–Trinajstić information content (AvgIpc) is 2.54. The molecule has 2 aromatic rings. The van der Waals surface area contributed by atoms with Crippen molar-refractivity contribution in [3.05, 3.63) is 51.5 Å². The van der Waals surface area contributed by atoms with Gasteiger partial charge in [-0.25, -0.2) is 4.79 Å². The van der Waals surface area contributed by atoms with E-state index < -0.39 is 5.97 Å². The van der Waals surface area contributed by atoms with Gasteiger partial charge in [-0.15, -0.1) is 0 Å². The van der Waals surface area contributed by atoms with Crippen molar-refractivity contribution in [3.63, 3.8) is 0 Å². The maximum atomic E-state index is 11.9. The molecule has 0 atom stereocenters. The fourth-order valence-corrected chi connectivity index (χ4v) is 2.45. The molecule has 2 rings (SSSR count). The van der Waals surface area contributed by atoms with Crippen LogP contribution in [-0.4, -0.2) is 26.0 Å². The van der Waals surface area contributed by atoms with E-state index >= 15 is 0 Å². The van der Waals surface area contributed by atoms with Crippen molar-refractivity contribution in [2.24, 2.45) is 0 Å². The summed E-state index contributed by atoms with van der Waals surface area (Å²) >= 11 is 9.27. The molecule has 0 saturated heterocycles. The molecule has 0 aromatic heterocycles. The number of ether oxygens (including phenoxy) is 3. The van der Waals surface area contributed by atoms with E-state index in [4.69, 9.17) is 25.8 Å². The molecule has 0 aliphatic carbocycles. The van der Waals surface area contributed by atoms with Crippen LogP contribution in [0.25, 0.3) is 0 Å². The minimum absolute atomic E-state index is 0.202. The normalized spacial score (nSPS) is 10.0. The third kappa shape index (κ3) is 4.71. The third-order valence-corrected chi connectivity index (χ3v) is 3.58. The van der Waals surface area contributed by atoms with Crippen LogP contribution < -0.4 is 14.2 Å². The molecule has 0 amide bonds. The second kappa shape index (κ2) is 7.99. The zero-order chi connectivity index (χ0) is 16.8. The van der Waals surface area contributed by atoms with E-state index in [1.54, 1.807) is 18.2 Å². The number of methoxy groups -OCH3 is 1. The smallest absolute Gasteiger partial charge is 0.349 e. The van der Waals surface area contributed by atoms with Gasteiger partial charge in [-0.1, -0.05) is 27.5 Å². The lowest BCUT2D eigenvalue weighted by atomic mass is 10.2. The molecule has 0 unspecified atom stereocenters. The van der Waals surface area contributed by atoms with Gasteiger partial charge in [0.1, 0.15) is 12.0 Å². The first-order chi connectivity index (χ1) is 11.0. The molecule has 5 nitrogen and oxygen atoms in total. The summed E-state index contributed by atoms with van der Waals surface area (Å²) in [6.07, 6.45) is 0.673. The first-order valence-electron chi connectivity index (χ1n) is 6.45. The Labute approximate surface area is 146 Å². The number of carbonyl (C=O) groups excluding carboxylic acids is 2. The molecule has 23 heavy (non-hydrogen) atoms. The first kappa shape index (κ1) is 17.3. The highest BCUT2D eigenvalue weighted by Gasteiger charge is 2.12. The fraction of sp³-hybridized carbons (Fsp3) is 0.125. The Morgan fingerprint density at radius 3 is 2.57 bits per heavy atom. The molecular weight excluding hydrogens is 388 g/mol. The van der Waals surface area contributed by atoms with Crippen molar-refractivity contribution < 1.29 is 23.8 Å². The molecule has 0 aliphatic heterocycles. The number of carbonyl (C=O) groups is 2. The second-order valence-electron chi connectivity index (χ2n) is 4.37. The van der Waals surface area contributed by atoms with E-state index in [9.17, 15) is 9.59 Å². The van der Waals surface area contributed by atoms with Crippen LogP contribution in [0.1, 0.15) is 10.4 Å². The highest BCUT2D eigenvalue weighted by Crippen LogP contribution is 2.29. The molecule has 2 aromatic carbocycles. The number of rotatable bonds is 6. The van der Waals surface area contributed by atoms with Gasteiger partial charge in [-0.2, -0.15) is 0 Å². The molecule has 0 saturated carbocycles. The topological polar surface area (TPSA) is 61.8 Å². The summed E-state index contributed by atoms with van der Waals surface area (Å²) in [6.45, 7) is -0.320. The van der Waals surface area contributed by atoms with Gasteiger partial charge < -0.3 is 14.2 Å². The Hall–Kier alpha value is -2.05. The Morgan fingerprint density at radius 2 is 1.91 bits per heavy atom. The van der Waals surface area contributed by atoms with Crippen molar-refractivity contribution in [2.75, 3.05) is 13.7 Å². The molecular formula is C16H12BrClO5. The van der Waals surface area contributed by atoms with Crippen LogP contribution in [-0.2, 0) is 4.79 Å². The van der Waals surface area contributed by atoms with Gasteiger partial charge in [-0.05, 0) is 36.4 Å². The number of aldehydes is 1. The molecule has 7 heteroatoms. The zero-order valence-electron chi connectivity index (χ0n) is 12.0. The van der Waals surface area contributed by atoms with Gasteiger partial charge >= 0.3 is 5.97 Å². The maximum Gasteiger partial charge on any atom is 0.349 e. The van der Waals surface area contributed by atoms with E-state index in [2.05, 4.69) is 15.9 Å². The summed E-state index contributed by atoms with van der Waals surface area (Å²) in [7, 11) is 1.42. The monoisotopic (exact) mass is 398 g/mol. The van der Waals surface area contributed by atoms with Crippen molar-refractivity contribution >= 4 is 39.8 Å². The van der Waals surface area contributed by atoms with Crippen LogP contribution in [0, 0.1) is 0 Å². The predicted octanol–water partition coefficient (Wildman–Crippen LogP) is 3.91. The van der Waals surface area contributed by atoms with Gasteiger partial charge in [0, 0.05) is 10.0 Å². The summed E-state index contributed by atoms with van der Waals surface area (Å²) < 4.78 is 16.4. The number of benzene rings is 2. The highest BCUT2D eigenvalue weighted by atomic mass is 79.9. The lowest BCUT2D eigenvalue weighted by Crippen LogP contribution is -2.18. The number of hydrogen-bond donors (Lipinski definition) is 0. The predicted molar refractivity (Wildman–Crippen MR) is 88.7 cm³/mol. The number of esters is 1. The van der Waals surface area contributed by atoms with Crippen molar-refractivity contribution in [1.29, 1.82) is 0 Å². The van der Waals surface area contributed by atoms with E-state index in [1.165, 1.54) is 25.3 Å². The van der Waals surface area contributed by atoms with E-state index in [-0.39, 0.29) is 18.1 Å². The summed E-state index contributed by atoms with van der Waals surface area (Å²) in [5, 5.41) is 0.375. The average molecular weight is 400 g/mol. The minimum Gasteiger partial charge on any atom is -0.493 e. The van der Waals surface area contributed by atoms with Crippen LogP contribution in [0.15, 0.2) is 40.9 Å². The maximum absolute atomic E-state index is 11.9. The highest BCUT2D eigenvalue weighted by molar-refractivity contribution is 9.10. The fourth-order valence-electron chi connectivity index (χ4n) is 1.72.